The van der Waals surface area contributed by atoms with Crippen LogP contribution in [0.25, 0.3) is 16.7 Å². The van der Waals surface area contributed by atoms with Gasteiger partial charge in [-0.25, -0.2) is 9.98 Å². The summed E-state index contributed by atoms with van der Waals surface area (Å²) in [5, 5.41) is 0. The van der Waals surface area contributed by atoms with Gasteiger partial charge in [0.2, 0.25) is 0 Å². The van der Waals surface area contributed by atoms with Gasteiger partial charge in [-0.05, 0) is 113 Å². The van der Waals surface area contributed by atoms with Gasteiger partial charge in [-0.1, -0.05) is 230 Å². The zero-order valence-electron chi connectivity index (χ0n) is 37.4. The third-order valence-corrected chi connectivity index (χ3v) is 13.6. The number of aliphatic imine (C=N–C) groups is 2. The lowest BCUT2D eigenvalue weighted by molar-refractivity contribution is 0.738. The van der Waals surface area contributed by atoms with Crippen LogP contribution in [-0.4, -0.2) is 11.5 Å². The Balaban J connectivity index is 0.980. The van der Waals surface area contributed by atoms with Crippen LogP contribution < -0.4 is 0 Å². The maximum absolute atomic E-state index is 5.35. The van der Waals surface area contributed by atoms with Gasteiger partial charge in [-0.3, -0.25) is 0 Å². The molecular formula is C63H54N2. The van der Waals surface area contributed by atoms with Gasteiger partial charge in [-0.15, -0.1) is 0 Å². The zero-order valence-corrected chi connectivity index (χ0v) is 37.4. The van der Waals surface area contributed by atoms with Gasteiger partial charge in [0.05, 0.1) is 11.1 Å². The van der Waals surface area contributed by atoms with E-state index in [0.29, 0.717) is 11.8 Å². The molecule has 1 unspecified atom stereocenters. The van der Waals surface area contributed by atoms with E-state index in [1.165, 1.54) is 55.6 Å². The van der Waals surface area contributed by atoms with Crippen molar-refractivity contribution in [3.05, 3.63) is 291 Å². The summed E-state index contributed by atoms with van der Waals surface area (Å²) < 4.78 is 0. The van der Waals surface area contributed by atoms with E-state index in [1.54, 1.807) is 5.57 Å². The first-order chi connectivity index (χ1) is 32.1. The van der Waals surface area contributed by atoms with E-state index in [2.05, 4.69) is 238 Å². The fraction of sp³-hybridized carbons (Fsp3) is 0.143. The molecule has 7 aromatic rings. The minimum absolute atomic E-state index is 0.373. The van der Waals surface area contributed by atoms with E-state index in [-0.39, 0.29) is 0 Å². The highest BCUT2D eigenvalue weighted by Gasteiger charge is 2.38. The molecule has 0 N–H and O–H groups in total. The van der Waals surface area contributed by atoms with Gasteiger partial charge in [0.25, 0.3) is 0 Å². The molecular weight excluding hydrogens is 785 g/mol. The van der Waals surface area contributed by atoms with Crippen LogP contribution in [0.4, 0.5) is 0 Å². The number of hydrogen-bond acceptors (Lipinski definition) is 1. The van der Waals surface area contributed by atoms with Gasteiger partial charge in [0.1, 0.15) is 0 Å². The fourth-order valence-electron chi connectivity index (χ4n) is 10.2. The average Bonchev–Trinajstić information content (AvgIpc) is 3.39. The van der Waals surface area contributed by atoms with Crippen LogP contribution in [0.3, 0.4) is 0 Å². The number of fused-ring (bicyclic) bond motifs is 2. The van der Waals surface area contributed by atoms with Crippen LogP contribution in [0.2, 0.25) is 0 Å². The Kier molecular flexibility index (Phi) is 12.0. The summed E-state index contributed by atoms with van der Waals surface area (Å²) in [6.07, 6.45) is 18.9. The van der Waals surface area contributed by atoms with Crippen LogP contribution in [0.1, 0.15) is 102 Å². The molecule has 2 heteroatoms. The van der Waals surface area contributed by atoms with E-state index < -0.39 is 5.41 Å². The zero-order chi connectivity index (χ0) is 44.0. The van der Waals surface area contributed by atoms with Gasteiger partial charge >= 0.3 is 0 Å². The van der Waals surface area contributed by atoms with Crippen molar-refractivity contribution in [2.75, 3.05) is 0 Å². The molecule has 0 aliphatic heterocycles. The van der Waals surface area contributed by atoms with Crippen LogP contribution in [0.15, 0.2) is 251 Å². The summed E-state index contributed by atoms with van der Waals surface area (Å²) in [4.78, 5) is 10.7. The molecule has 0 spiro atoms. The predicted molar refractivity (Wildman–Crippen MR) is 274 cm³/mol. The molecule has 0 amide bonds. The van der Waals surface area contributed by atoms with Gasteiger partial charge in [-0.2, -0.15) is 0 Å². The molecule has 7 aromatic carbocycles. The number of amidine groups is 1. The van der Waals surface area contributed by atoms with Crippen LogP contribution in [0, 0.1) is 0 Å². The van der Waals surface area contributed by atoms with E-state index in [0.717, 1.165) is 60.2 Å². The van der Waals surface area contributed by atoms with Gasteiger partial charge in [0.15, 0.2) is 5.84 Å². The maximum Gasteiger partial charge on any atom is 0.160 e. The lowest BCUT2D eigenvalue weighted by Gasteiger charge is -2.37. The van der Waals surface area contributed by atoms with Crippen LogP contribution in [0.5, 0.6) is 0 Å². The first-order valence-electron chi connectivity index (χ1n) is 23.2. The summed E-state index contributed by atoms with van der Waals surface area (Å²) in [5.41, 5.74) is 19.0. The molecule has 0 aromatic heterocycles. The first kappa shape index (κ1) is 41.6. The second-order valence-electron chi connectivity index (χ2n) is 17.4. The molecule has 316 valence electrons. The van der Waals surface area contributed by atoms with E-state index in [4.69, 9.17) is 9.98 Å². The van der Waals surface area contributed by atoms with Crippen molar-refractivity contribution < 1.29 is 0 Å². The van der Waals surface area contributed by atoms with Crippen molar-refractivity contribution in [1.29, 1.82) is 0 Å². The van der Waals surface area contributed by atoms with Crippen LogP contribution in [-0.2, 0) is 5.41 Å². The predicted octanol–water partition coefficient (Wildman–Crippen LogP) is 15.8. The molecule has 0 radical (unpaired) electrons. The van der Waals surface area contributed by atoms with Crippen molar-refractivity contribution in [2.24, 2.45) is 9.98 Å². The quantitative estimate of drug-likeness (QED) is 0.0745. The van der Waals surface area contributed by atoms with Crippen molar-refractivity contribution in [3.8, 4) is 11.1 Å². The largest absolute Gasteiger partial charge is 0.233 e. The highest BCUT2D eigenvalue weighted by Crippen LogP contribution is 2.47. The Hall–Kier alpha value is -7.42. The summed E-state index contributed by atoms with van der Waals surface area (Å²) in [7, 11) is 0. The van der Waals surface area contributed by atoms with E-state index in [1.807, 2.05) is 0 Å². The molecule has 65 heavy (non-hydrogen) atoms. The Morgan fingerprint density at radius 2 is 1.09 bits per heavy atom. The molecule has 0 saturated heterocycles. The number of benzene rings is 7. The van der Waals surface area contributed by atoms with Gasteiger partial charge < -0.3 is 0 Å². The molecule has 0 heterocycles. The lowest BCUT2D eigenvalue weighted by Crippen LogP contribution is -2.31. The number of rotatable bonds is 10. The third kappa shape index (κ3) is 8.29. The Labute approximate surface area is 385 Å². The van der Waals surface area contributed by atoms with E-state index >= 15 is 0 Å². The minimum atomic E-state index is -0.514. The molecule has 0 bridgehead atoms. The smallest absolute Gasteiger partial charge is 0.160 e. The Morgan fingerprint density at radius 1 is 0.538 bits per heavy atom. The first-order valence-corrected chi connectivity index (χ1v) is 23.2. The SMILES string of the molecule is C\C=C(/N=C(\N=C(/C)c1ccc(C(c2ccccc2)(c2ccccc2)c2ccccc2)cc1)c1ccc(-c2ccc(C3CC4=C(C=CCC4)c4ccccc43)cc2)cc1)C1=CCCC=C1. The lowest BCUT2D eigenvalue weighted by atomic mass is 9.65. The van der Waals surface area contributed by atoms with Crippen molar-refractivity contribution in [1.82, 2.24) is 0 Å². The summed E-state index contributed by atoms with van der Waals surface area (Å²) in [6, 6.07) is 68.7. The maximum atomic E-state index is 5.35. The third-order valence-electron chi connectivity index (χ3n) is 13.6. The molecule has 3 aliphatic carbocycles. The second kappa shape index (κ2) is 18.7. The monoisotopic (exact) mass is 838 g/mol. The highest BCUT2D eigenvalue weighted by molar-refractivity contribution is 6.12. The van der Waals surface area contributed by atoms with Crippen molar-refractivity contribution >= 4 is 17.1 Å². The van der Waals surface area contributed by atoms with Crippen molar-refractivity contribution in [3.63, 3.8) is 0 Å². The molecule has 0 saturated carbocycles. The van der Waals surface area contributed by atoms with Crippen LogP contribution >= 0.6 is 0 Å². The number of hydrogen-bond donors (Lipinski definition) is 0. The van der Waals surface area contributed by atoms with Gasteiger partial charge in [0, 0.05) is 17.2 Å². The Bertz CT molecular complexity index is 2920. The minimum Gasteiger partial charge on any atom is -0.233 e. The van der Waals surface area contributed by atoms with E-state index in [9.17, 15) is 0 Å². The molecule has 1 atom stereocenters. The Morgan fingerprint density at radius 3 is 1.69 bits per heavy atom. The average molecular weight is 839 g/mol. The molecule has 3 aliphatic rings. The standard InChI is InChI=1S/C63H54N2/c1-3-61(50-20-8-4-9-21-50)65-62(51-38-34-48(35-39-51)47-32-36-49(37-33-47)60-44-52-22-16-17-29-57(52)58-30-18-19-31-59(58)60)64-45(2)46-40-42-56(43-41-46)63(53-23-10-5-11-24-53,54-25-12-6-13-26-54)55-27-14-7-15-28-55/h3,5-8,10-15,17-21,23-43,60H,4,9,16,22,44H2,1-2H3/b61-3-,64-45+,65-62-. The molecule has 10 rings (SSSR count). The molecule has 0 fully saturated rings. The fourth-order valence-corrected chi connectivity index (χ4v) is 10.2. The normalized spacial score (nSPS) is 16.5. The second-order valence-corrected chi connectivity index (χ2v) is 17.4. The summed E-state index contributed by atoms with van der Waals surface area (Å²) >= 11 is 0. The summed E-state index contributed by atoms with van der Waals surface area (Å²) in [6.45, 7) is 4.16. The highest BCUT2D eigenvalue weighted by atomic mass is 14.9. The topological polar surface area (TPSA) is 24.7 Å². The summed E-state index contributed by atoms with van der Waals surface area (Å²) in [5.74, 6) is 1.06. The number of nitrogens with zero attached hydrogens (tertiary/aromatic N) is 2. The molecule has 2 nitrogen and oxygen atoms in total. The van der Waals surface area contributed by atoms with Crippen molar-refractivity contribution in [2.45, 2.75) is 57.3 Å². The number of allylic oxidation sites excluding steroid dienone is 8.